The summed E-state index contributed by atoms with van der Waals surface area (Å²) in [7, 11) is 1.44. The number of benzene rings is 1. The van der Waals surface area contributed by atoms with Crippen LogP contribution in [-0.4, -0.2) is 35.7 Å². The van der Waals surface area contributed by atoms with Gasteiger partial charge in [0.05, 0.1) is 0 Å². The van der Waals surface area contributed by atoms with Gasteiger partial charge in [0.15, 0.2) is 0 Å². The number of aliphatic carboxylic acids is 1. The van der Waals surface area contributed by atoms with Crippen molar-refractivity contribution in [3.63, 3.8) is 0 Å². The zero-order valence-electron chi connectivity index (χ0n) is 11.2. The van der Waals surface area contributed by atoms with Crippen LogP contribution in [-0.2, 0) is 20.7 Å². The molecule has 0 fully saturated rings. The fourth-order valence-corrected chi connectivity index (χ4v) is 2.21. The molecule has 0 spiro atoms. The fraction of sp³-hybridized carbons (Fsp3) is 0.429. The molecule has 0 radical (unpaired) electrons. The van der Waals surface area contributed by atoms with Gasteiger partial charge < -0.3 is 9.84 Å². The van der Waals surface area contributed by atoms with Crippen molar-refractivity contribution in [2.75, 3.05) is 12.0 Å². The second kappa shape index (κ2) is 4.66. The molecule has 102 valence electrons. The zero-order chi connectivity index (χ0) is 14.2. The van der Waals surface area contributed by atoms with Gasteiger partial charge in [0, 0.05) is 19.2 Å². The molecule has 1 amide bonds. The third kappa shape index (κ3) is 2.21. The molecule has 5 heteroatoms. The van der Waals surface area contributed by atoms with Crippen LogP contribution in [0.4, 0.5) is 5.69 Å². The minimum atomic E-state index is -1.05. The number of para-hydroxylation sites is 1. The minimum absolute atomic E-state index is 0.330. The summed E-state index contributed by atoms with van der Waals surface area (Å²) in [6.45, 7) is 3.27. The Bertz CT molecular complexity index is 524. The van der Waals surface area contributed by atoms with Crippen LogP contribution in [0.25, 0.3) is 0 Å². The largest absolute Gasteiger partial charge is 0.480 e. The summed E-state index contributed by atoms with van der Waals surface area (Å²) in [5, 5.41) is 9.31. The van der Waals surface area contributed by atoms with Gasteiger partial charge in [-0.2, -0.15) is 0 Å². The number of anilines is 1. The van der Waals surface area contributed by atoms with E-state index in [0.717, 1.165) is 5.56 Å². The van der Waals surface area contributed by atoms with E-state index in [2.05, 4.69) is 0 Å². The molecule has 2 rings (SSSR count). The Hall–Kier alpha value is -1.88. The van der Waals surface area contributed by atoms with Crippen molar-refractivity contribution in [3.05, 3.63) is 29.8 Å². The number of carbonyl (C=O) groups excluding carboxylic acids is 1. The highest BCUT2D eigenvalue weighted by molar-refractivity contribution is 6.05. The van der Waals surface area contributed by atoms with E-state index >= 15 is 0 Å². The first-order valence-electron chi connectivity index (χ1n) is 6.08. The number of nitrogens with zero attached hydrogens (tertiary/aromatic N) is 1. The Morgan fingerprint density at radius 1 is 1.37 bits per heavy atom. The van der Waals surface area contributed by atoms with Gasteiger partial charge in [0.2, 0.25) is 0 Å². The van der Waals surface area contributed by atoms with Crippen molar-refractivity contribution in [2.45, 2.75) is 31.9 Å². The van der Waals surface area contributed by atoms with Gasteiger partial charge in [-0.15, -0.1) is 0 Å². The van der Waals surface area contributed by atoms with Crippen LogP contribution in [0.15, 0.2) is 24.3 Å². The van der Waals surface area contributed by atoms with Crippen molar-refractivity contribution < 1.29 is 19.4 Å². The van der Waals surface area contributed by atoms with E-state index in [4.69, 9.17) is 4.74 Å². The monoisotopic (exact) mass is 263 g/mol. The molecule has 1 N–H and O–H groups in total. The van der Waals surface area contributed by atoms with Crippen LogP contribution in [0.3, 0.4) is 0 Å². The SMILES string of the molecule is COC(C)(C)C(=O)N1c2ccccc2CC1C(=O)O. The summed E-state index contributed by atoms with van der Waals surface area (Å²) in [5.41, 5.74) is 0.477. The van der Waals surface area contributed by atoms with Gasteiger partial charge >= 0.3 is 5.97 Å². The smallest absolute Gasteiger partial charge is 0.327 e. The molecule has 0 saturated carbocycles. The maximum absolute atomic E-state index is 12.5. The molecular formula is C14H17NO4. The van der Waals surface area contributed by atoms with Gasteiger partial charge in [-0.05, 0) is 25.5 Å². The van der Waals surface area contributed by atoms with E-state index in [1.165, 1.54) is 12.0 Å². The summed E-state index contributed by atoms with van der Waals surface area (Å²) in [4.78, 5) is 25.2. The lowest BCUT2D eigenvalue weighted by Gasteiger charge is -2.31. The summed E-state index contributed by atoms with van der Waals surface area (Å²) < 4.78 is 5.17. The van der Waals surface area contributed by atoms with Gasteiger partial charge in [-0.25, -0.2) is 4.79 Å². The first kappa shape index (κ1) is 13.5. The predicted octanol–water partition coefficient (Wildman–Crippen LogP) is 1.45. The molecule has 1 unspecified atom stereocenters. The topological polar surface area (TPSA) is 66.8 Å². The standard InChI is InChI=1S/C14H17NO4/c1-14(2,19-3)13(18)15-10-7-5-4-6-9(10)8-11(15)12(16)17/h4-7,11H,8H2,1-3H3,(H,16,17). The average Bonchev–Trinajstić information content (AvgIpc) is 2.77. The van der Waals surface area contributed by atoms with Gasteiger partial charge in [-0.3, -0.25) is 9.69 Å². The number of carboxylic acids is 1. The summed E-state index contributed by atoms with van der Waals surface area (Å²) in [6, 6.07) is 6.38. The fourth-order valence-electron chi connectivity index (χ4n) is 2.21. The minimum Gasteiger partial charge on any atom is -0.480 e. The van der Waals surface area contributed by atoms with Crippen LogP contribution in [0.1, 0.15) is 19.4 Å². The molecule has 1 aliphatic rings. The van der Waals surface area contributed by atoms with Crippen molar-refractivity contribution in [1.29, 1.82) is 0 Å². The molecule has 1 aliphatic heterocycles. The summed E-state index contributed by atoms with van der Waals surface area (Å²) >= 11 is 0. The molecule has 1 atom stereocenters. The average molecular weight is 263 g/mol. The second-order valence-electron chi connectivity index (χ2n) is 5.08. The van der Waals surface area contributed by atoms with Gasteiger partial charge in [0.25, 0.3) is 5.91 Å². The number of amides is 1. The third-order valence-corrected chi connectivity index (χ3v) is 3.51. The highest BCUT2D eigenvalue weighted by atomic mass is 16.5. The number of hydrogen-bond donors (Lipinski definition) is 1. The van der Waals surface area contributed by atoms with Crippen molar-refractivity contribution in [2.24, 2.45) is 0 Å². The number of carboxylic acid groups (broad SMARTS) is 1. The maximum atomic E-state index is 12.5. The Labute approximate surface area is 111 Å². The quantitative estimate of drug-likeness (QED) is 0.896. The van der Waals surface area contributed by atoms with E-state index < -0.39 is 17.6 Å². The molecule has 0 saturated heterocycles. The molecule has 0 aliphatic carbocycles. The Kier molecular flexibility index (Phi) is 3.32. The lowest BCUT2D eigenvalue weighted by atomic mass is 10.1. The lowest BCUT2D eigenvalue weighted by molar-refractivity contribution is -0.143. The second-order valence-corrected chi connectivity index (χ2v) is 5.08. The number of carbonyl (C=O) groups is 2. The Morgan fingerprint density at radius 2 is 2.00 bits per heavy atom. The summed E-state index contributed by atoms with van der Waals surface area (Å²) in [5.74, 6) is -1.34. The van der Waals surface area contributed by atoms with E-state index in [-0.39, 0.29) is 5.91 Å². The molecule has 1 heterocycles. The number of rotatable bonds is 3. The molecule has 0 aromatic heterocycles. The highest BCUT2D eigenvalue weighted by Gasteiger charge is 2.43. The first-order chi connectivity index (χ1) is 8.88. The zero-order valence-corrected chi connectivity index (χ0v) is 11.2. The van der Waals surface area contributed by atoms with Crippen LogP contribution in [0.5, 0.6) is 0 Å². The van der Waals surface area contributed by atoms with Gasteiger partial charge in [-0.1, -0.05) is 18.2 Å². The van der Waals surface area contributed by atoms with E-state index in [1.807, 2.05) is 12.1 Å². The van der Waals surface area contributed by atoms with Crippen LogP contribution < -0.4 is 4.90 Å². The van der Waals surface area contributed by atoms with E-state index in [1.54, 1.807) is 26.0 Å². The molecule has 5 nitrogen and oxygen atoms in total. The number of fused-ring (bicyclic) bond motifs is 1. The van der Waals surface area contributed by atoms with Crippen molar-refractivity contribution in [1.82, 2.24) is 0 Å². The summed E-state index contributed by atoms with van der Waals surface area (Å²) in [6.07, 6.45) is 0.330. The first-order valence-corrected chi connectivity index (χ1v) is 6.08. The maximum Gasteiger partial charge on any atom is 0.327 e. The Balaban J connectivity index is 2.45. The number of methoxy groups -OCH3 is 1. The molecule has 0 bridgehead atoms. The van der Waals surface area contributed by atoms with Gasteiger partial charge in [0.1, 0.15) is 11.6 Å². The molecule has 1 aromatic rings. The van der Waals surface area contributed by atoms with Crippen LogP contribution >= 0.6 is 0 Å². The molecular weight excluding hydrogens is 246 g/mol. The molecule has 1 aromatic carbocycles. The highest BCUT2D eigenvalue weighted by Crippen LogP contribution is 2.34. The number of hydrogen-bond acceptors (Lipinski definition) is 3. The van der Waals surface area contributed by atoms with Crippen molar-refractivity contribution >= 4 is 17.6 Å². The third-order valence-electron chi connectivity index (χ3n) is 3.51. The lowest BCUT2D eigenvalue weighted by Crippen LogP contribution is -2.52. The van der Waals surface area contributed by atoms with Crippen LogP contribution in [0, 0.1) is 0 Å². The normalized spacial score (nSPS) is 18.3. The number of ether oxygens (including phenoxy) is 1. The van der Waals surface area contributed by atoms with E-state index in [9.17, 15) is 14.7 Å². The Morgan fingerprint density at radius 3 is 2.58 bits per heavy atom. The predicted molar refractivity (Wildman–Crippen MR) is 70.1 cm³/mol. The van der Waals surface area contributed by atoms with E-state index in [0.29, 0.717) is 12.1 Å². The van der Waals surface area contributed by atoms with Crippen LogP contribution in [0.2, 0.25) is 0 Å². The van der Waals surface area contributed by atoms with Crippen molar-refractivity contribution in [3.8, 4) is 0 Å². The molecule has 19 heavy (non-hydrogen) atoms.